The van der Waals surface area contributed by atoms with Gasteiger partial charge in [-0.25, -0.2) is 0 Å². The molecule has 8 nitrogen and oxygen atoms in total. The molecule has 3 heterocycles. The van der Waals surface area contributed by atoms with E-state index < -0.39 is 0 Å². The summed E-state index contributed by atoms with van der Waals surface area (Å²) in [6.07, 6.45) is 3.72. The van der Waals surface area contributed by atoms with Crippen LogP contribution >= 0.6 is 0 Å². The minimum Gasteiger partial charge on any atom is -0.360 e. The summed E-state index contributed by atoms with van der Waals surface area (Å²) in [6, 6.07) is 1.52. The zero-order chi connectivity index (χ0) is 17.8. The van der Waals surface area contributed by atoms with Crippen LogP contribution in [0.25, 0.3) is 0 Å². The number of hydrogen-bond donors (Lipinski definition) is 1. The molecule has 136 valence electrons. The Hall–Kier alpha value is -2.22. The molecule has 0 unspecified atom stereocenters. The summed E-state index contributed by atoms with van der Waals surface area (Å²) in [5, 5.41) is 10.6. The van der Waals surface area contributed by atoms with Crippen molar-refractivity contribution in [3.8, 4) is 0 Å². The molecule has 0 saturated carbocycles. The lowest BCUT2D eigenvalue weighted by Crippen LogP contribution is -2.48. The van der Waals surface area contributed by atoms with E-state index in [-0.39, 0.29) is 17.9 Å². The standard InChI is InChI=1S/C17H25N5O3/c1-4-6-14(16(23)19-15-9-11(2)24-21-15)22-8-5-7-13(10-22)17-18-12(3)20-25-17/h9,13-14H,4-8,10H2,1-3H3,(H,19,21,23)/t13-,14-/m1/s1. The largest absolute Gasteiger partial charge is 0.360 e. The molecule has 1 aliphatic heterocycles. The molecule has 0 bridgehead atoms. The average Bonchev–Trinajstić information content (AvgIpc) is 3.21. The number of nitrogens with zero attached hydrogens (tertiary/aromatic N) is 4. The van der Waals surface area contributed by atoms with E-state index in [0.717, 1.165) is 38.8 Å². The molecule has 1 amide bonds. The fraction of sp³-hybridized carbons (Fsp3) is 0.647. The molecule has 8 heteroatoms. The average molecular weight is 347 g/mol. The van der Waals surface area contributed by atoms with Gasteiger partial charge in [0.15, 0.2) is 11.6 Å². The minimum atomic E-state index is -0.200. The lowest BCUT2D eigenvalue weighted by molar-refractivity contribution is -0.122. The molecule has 1 N–H and O–H groups in total. The first kappa shape index (κ1) is 17.6. The molecule has 3 rings (SSSR count). The number of rotatable bonds is 6. The number of piperidine rings is 1. The second-order valence-corrected chi connectivity index (χ2v) is 6.63. The van der Waals surface area contributed by atoms with E-state index in [1.807, 2.05) is 6.92 Å². The van der Waals surface area contributed by atoms with Crippen LogP contribution < -0.4 is 5.32 Å². The molecule has 1 aliphatic rings. The number of anilines is 1. The highest BCUT2D eigenvalue weighted by molar-refractivity contribution is 5.94. The first-order valence-corrected chi connectivity index (χ1v) is 8.85. The van der Waals surface area contributed by atoms with Gasteiger partial charge in [0.25, 0.3) is 0 Å². The molecule has 2 atom stereocenters. The number of aryl methyl sites for hydroxylation is 2. The van der Waals surface area contributed by atoms with Gasteiger partial charge in [0.1, 0.15) is 5.76 Å². The highest BCUT2D eigenvalue weighted by atomic mass is 16.5. The van der Waals surface area contributed by atoms with Crippen LogP contribution in [0.15, 0.2) is 15.1 Å². The van der Waals surface area contributed by atoms with E-state index in [1.54, 1.807) is 13.0 Å². The normalized spacial score (nSPS) is 19.7. The Kier molecular flexibility index (Phi) is 5.47. The first-order valence-electron chi connectivity index (χ1n) is 8.85. The maximum absolute atomic E-state index is 12.8. The molecule has 1 saturated heterocycles. The van der Waals surface area contributed by atoms with E-state index in [2.05, 4.69) is 32.4 Å². The van der Waals surface area contributed by atoms with Gasteiger partial charge in [-0.1, -0.05) is 23.7 Å². The molecular weight excluding hydrogens is 322 g/mol. The Morgan fingerprint density at radius 2 is 2.24 bits per heavy atom. The number of aromatic nitrogens is 3. The van der Waals surface area contributed by atoms with Crippen LogP contribution in [0.2, 0.25) is 0 Å². The molecule has 1 fully saturated rings. The minimum absolute atomic E-state index is 0.0440. The monoisotopic (exact) mass is 347 g/mol. The van der Waals surface area contributed by atoms with Gasteiger partial charge in [-0.3, -0.25) is 9.69 Å². The lowest BCUT2D eigenvalue weighted by atomic mass is 9.95. The number of carbonyl (C=O) groups is 1. The highest BCUT2D eigenvalue weighted by Gasteiger charge is 2.32. The lowest BCUT2D eigenvalue weighted by Gasteiger charge is -2.36. The van der Waals surface area contributed by atoms with Crippen molar-refractivity contribution in [2.75, 3.05) is 18.4 Å². The van der Waals surface area contributed by atoms with Crippen molar-refractivity contribution < 1.29 is 13.8 Å². The fourth-order valence-electron chi connectivity index (χ4n) is 3.36. The van der Waals surface area contributed by atoms with Crippen LogP contribution in [0.4, 0.5) is 5.82 Å². The molecule has 0 radical (unpaired) electrons. The number of nitrogens with one attached hydrogen (secondary N) is 1. The predicted molar refractivity (Wildman–Crippen MR) is 91.1 cm³/mol. The number of likely N-dealkylation sites (tertiary alicyclic amines) is 1. The van der Waals surface area contributed by atoms with Crippen molar-refractivity contribution in [1.82, 2.24) is 20.2 Å². The van der Waals surface area contributed by atoms with Gasteiger partial charge >= 0.3 is 0 Å². The quantitative estimate of drug-likeness (QED) is 0.858. The molecule has 2 aromatic rings. The maximum Gasteiger partial charge on any atom is 0.242 e. The van der Waals surface area contributed by atoms with Crippen LogP contribution in [0, 0.1) is 13.8 Å². The number of carbonyl (C=O) groups excluding carboxylic acids is 1. The van der Waals surface area contributed by atoms with Crippen molar-refractivity contribution >= 4 is 11.7 Å². The van der Waals surface area contributed by atoms with E-state index in [9.17, 15) is 4.79 Å². The second-order valence-electron chi connectivity index (χ2n) is 6.63. The third-order valence-electron chi connectivity index (χ3n) is 4.53. The van der Waals surface area contributed by atoms with E-state index >= 15 is 0 Å². The van der Waals surface area contributed by atoms with E-state index in [1.165, 1.54) is 0 Å². The van der Waals surface area contributed by atoms with Gasteiger partial charge in [0.2, 0.25) is 11.8 Å². The number of hydrogen-bond acceptors (Lipinski definition) is 7. The van der Waals surface area contributed by atoms with Gasteiger partial charge in [-0.2, -0.15) is 4.98 Å². The molecule has 25 heavy (non-hydrogen) atoms. The Morgan fingerprint density at radius 3 is 2.88 bits per heavy atom. The van der Waals surface area contributed by atoms with Gasteiger partial charge in [-0.15, -0.1) is 0 Å². The number of amides is 1. The summed E-state index contributed by atoms with van der Waals surface area (Å²) >= 11 is 0. The van der Waals surface area contributed by atoms with Gasteiger partial charge in [-0.05, 0) is 39.7 Å². The summed E-state index contributed by atoms with van der Waals surface area (Å²) in [5.74, 6) is 2.59. The van der Waals surface area contributed by atoms with Crippen LogP contribution in [0.5, 0.6) is 0 Å². The van der Waals surface area contributed by atoms with Crippen molar-refractivity contribution in [2.24, 2.45) is 0 Å². The Labute approximate surface area is 146 Å². The van der Waals surface area contributed by atoms with Crippen molar-refractivity contribution in [3.05, 3.63) is 23.5 Å². The predicted octanol–water partition coefficient (Wildman–Crippen LogP) is 2.66. The fourth-order valence-corrected chi connectivity index (χ4v) is 3.36. The summed E-state index contributed by atoms with van der Waals surface area (Å²) in [7, 11) is 0. The van der Waals surface area contributed by atoms with Gasteiger partial charge in [0, 0.05) is 12.6 Å². The summed E-state index contributed by atoms with van der Waals surface area (Å²) in [5.41, 5.74) is 0. The third-order valence-corrected chi connectivity index (χ3v) is 4.53. The summed E-state index contributed by atoms with van der Waals surface area (Å²) in [6.45, 7) is 7.34. The Morgan fingerprint density at radius 1 is 1.40 bits per heavy atom. The zero-order valence-corrected chi connectivity index (χ0v) is 15.0. The topological polar surface area (TPSA) is 97.3 Å². The van der Waals surface area contributed by atoms with Gasteiger partial charge < -0.3 is 14.4 Å². The smallest absolute Gasteiger partial charge is 0.242 e. The maximum atomic E-state index is 12.8. The zero-order valence-electron chi connectivity index (χ0n) is 15.0. The van der Waals surface area contributed by atoms with Crippen LogP contribution in [0.3, 0.4) is 0 Å². The molecule has 0 spiro atoms. The Balaban J connectivity index is 1.69. The van der Waals surface area contributed by atoms with E-state index in [4.69, 9.17) is 9.05 Å². The van der Waals surface area contributed by atoms with Crippen molar-refractivity contribution in [2.45, 2.75) is 58.4 Å². The highest BCUT2D eigenvalue weighted by Crippen LogP contribution is 2.28. The van der Waals surface area contributed by atoms with E-state index in [0.29, 0.717) is 23.3 Å². The molecule has 0 aliphatic carbocycles. The third kappa shape index (κ3) is 4.25. The Bertz CT molecular complexity index is 711. The second kappa shape index (κ2) is 7.77. The van der Waals surface area contributed by atoms with Crippen LogP contribution in [-0.2, 0) is 4.79 Å². The SMILES string of the molecule is CCC[C@H](C(=O)Nc1cc(C)on1)N1CCC[C@@H](c2nc(C)no2)C1. The summed E-state index contributed by atoms with van der Waals surface area (Å²) in [4.78, 5) is 19.4. The molecular formula is C17H25N5O3. The van der Waals surface area contributed by atoms with Crippen LogP contribution in [-0.4, -0.2) is 45.2 Å². The first-order chi connectivity index (χ1) is 12.1. The van der Waals surface area contributed by atoms with Crippen molar-refractivity contribution in [3.63, 3.8) is 0 Å². The molecule has 2 aromatic heterocycles. The van der Waals surface area contributed by atoms with Crippen LogP contribution in [0.1, 0.15) is 56.0 Å². The van der Waals surface area contributed by atoms with Crippen molar-refractivity contribution in [1.29, 1.82) is 0 Å². The summed E-state index contributed by atoms with van der Waals surface area (Å²) < 4.78 is 10.4. The van der Waals surface area contributed by atoms with Gasteiger partial charge in [0.05, 0.1) is 12.0 Å². The molecule has 0 aromatic carbocycles.